The molecule has 0 saturated carbocycles. The molecule has 0 unspecified atom stereocenters. The van der Waals surface area contributed by atoms with E-state index in [1.807, 2.05) is 0 Å². The maximum absolute atomic E-state index is 13.6. The summed E-state index contributed by atoms with van der Waals surface area (Å²) in [6.45, 7) is 1.79. The van der Waals surface area contributed by atoms with Crippen molar-refractivity contribution < 1.29 is 19.0 Å². The van der Waals surface area contributed by atoms with Gasteiger partial charge >= 0.3 is 5.97 Å². The molecular weight excluding hydrogens is 313 g/mol. The summed E-state index contributed by atoms with van der Waals surface area (Å²) in [5.41, 5.74) is 1.83. The molecule has 0 aliphatic carbocycles. The normalized spacial score (nSPS) is 10.6. The number of hydrogen-bond acceptors (Lipinski definition) is 4. The van der Waals surface area contributed by atoms with Crippen LogP contribution in [0.5, 0.6) is 5.75 Å². The minimum atomic E-state index is -1.21. The third kappa shape index (κ3) is 2.71. The van der Waals surface area contributed by atoms with Gasteiger partial charge in [0.1, 0.15) is 17.3 Å². The highest BCUT2D eigenvalue weighted by Gasteiger charge is 2.22. The number of carboxylic acids is 1. The average Bonchev–Trinajstić information content (AvgIpc) is 3.02. The Morgan fingerprint density at radius 2 is 1.92 bits per heavy atom. The number of nitrogens with zero attached hydrogens (tertiary/aromatic N) is 3. The van der Waals surface area contributed by atoms with Gasteiger partial charge in [-0.15, -0.1) is 5.10 Å². The van der Waals surface area contributed by atoms with Crippen molar-refractivity contribution in [3.63, 3.8) is 0 Å². The van der Waals surface area contributed by atoms with Crippen molar-refractivity contribution in [3.05, 3.63) is 59.5 Å². The van der Waals surface area contributed by atoms with Crippen molar-refractivity contribution in [1.82, 2.24) is 15.0 Å². The number of halogens is 1. The summed E-state index contributed by atoms with van der Waals surface area (Å²) in [6, 6.07) is 11.0. The topological polar surface area (TPSA) is 77.2 Å². The van der Waals surface area contributed by atoms with Crippen LogP contribution in [0.2, 0.25) is 0 Å². The molecule has 7 heteroatoms. The van der Waals surface area contributed by atoms with Gasteiger partial charge in [-0.2, -0.15) is 0 Å². The van der Waals surface area contributed by atoms with E-state index in [0.29, 0.717) is 17.0 Å². The van der Waals surface area contributed by atoms with Gasteiger partial charge in [0.25, 0.3) is 0 Å². The van der Waals surface area contributed by atoms with Crippen LogP contribution in [0, 0.1) is 12.7 Å². The quantitative estimate of drug-likeness (QED) is 0.797. The molecule has 0 aliphatic heterocycles. The number of aryl methyl sites for hydroxylation is 1. The van der Waals surface area contributed by atoms with Crippen molar-refractivity contribution in [2.75, 3.05) is 7.11 Å². The molecule has 0 bridgehead atoms. The fourth-order valence-corrected chi connectivity index (χ4v) is 2.41. The van der Waals surface area contributed by atoms with Gasteiger partial charge in [-0.25, -0.2) is 13.9 Å². The van der Waals surface area contributed by atoms with Crippen molar-refractivity contribution >= 4 is 5.97 Å². The standard InChI is InChI=1S/C17H14FN3O3/c1-10-3-6-12(18)9-14(10)21-16(15(17(22)23)19-20-21)11-4-7-13(24-2)8-5-11/h3-9H,1-2H3,(H,22,23). The maximum atomic E-state index is 13.6. The van der Waals surface area contributed by atoms with Crippen LogP contribution in [0.4, 0.5) is 4.39 Å². The second-order valence-corrected chi connectivity index (χ2v) is 5.16. The monoisotopic (exact) mass is 327 g/mol. The Morgan fingerprint density at radius 3 is 2.54 bits per heavy atom. The van der Waals surface area contributed by atoms with Crippen LogP contribution >= 0.6 is 0 Å². The largest absolute Gasteiger partial charge is 0.497 e. The van der Waals surface area contributed by atoms with Crippen LogP contribution in [-0.2, 0) is 0 Å². The van der Waals surface area contributed by atoms with Gasteiger partial charge in [-0.1, -0.05) is 11.3 Å². The van der Waals surface area contributed by atoms with Gasteiger partial charge < -0.3 is 9.84 Å². The number of rotatable bonds is 4. The number of hydrogen-bond donors (Lipinski definition) is 1. The van der Waals surface area contributed by atoms with E-state index in [0.717, 1.165) is 5.56 Å². The number of methoxy groups -OCH3 is 1. The highest BCUT2D eigenvalue weighted by Crippen LogP contribution is 2.28. The molecule has 0 fully saturated rings. The van der Waals surface area contributed by atoms with Crippen LogP contribution in [0.25, 0.3) is 16.9 Å². The molecular formula is C17H14FN3O3. The molecule has 0 atom stereocenters. The van der Waals surface area contributed by atoms with Crippen LogP contribution in [0.1, 0.15) is 16.1 Å². The molecule has 1 N–H and O–H groups in total. The van der Waals surface area contributed by atoms with E-state index >= 15 is 0 Å². The summed E-state index contributed by atoms with van der Waals surface area (Å²) in [6.07, 6.45) is 0. The van der Waals surface area contributed by atoms with E-state index in [1.165, 1.54) is 16.8 Å². The molecule has 1 heterocycles. The van der Waals surface area contributed by atoms with Crippen molar-refractivity contribution in [3.8, 4) is 22.7 Å². The van der Waals surface area contributed by atoms with Gasteiger partial charge in [0.2, 0.25) is 0 Å². The first-order valence-corrected chi connectivity index (χ1v) is 7.11. The molecule has 0 amide bonds. The SMILES string of the molecule is COc1ccc(-c2c(C(=O)O)nnn2-c2cc(F)ccc2C)cc1. The zero-order valence-corrected chi connectivity index (χ0v) is 13.0. The highest BCUT2D eigenvalue weighted by molar-refractivity contribution is 5.93. The third-order valence-electron chi connectivity index (χ3n) is 3.64. The fourth-order valence-electron chi connectivity index (χ4n) is 2.41. The molecule has 122 valence electrons. The van der Waals surface area contributed by atoms with Crippen molar-refractivity contribution in [2.45, 2.75) is 6.92 Å². The third-order valence-corrected chi connectivity index (χ3v) is 3.64. The lowest BCUT2D eigenvalue weighted by atomic mass is 10.1. The van der Waals surface area contributed by atoms with Crippen LogP contribution in [0.15, 0.2) is 42.5 Å². The predicted molar refractivity (Wildman–Crippen MR) is 85.0 cm³/mol. The van der Waals surface area contributed by atoms with E-state index in [4.69, 9.17) is 4.74 Å². The zero-order valence-electron chi connectivity index (χ0n) is 13.0. The Hall–Kier alpha value is -3.22. The average molecular weight is 327 g/mol. The second-order valence-electron chi connectivity index (χ2n) is 5.16. The Labute approximate surface area is 137 Å². The van der Waals surface area contributed by atoms with Gasteiger partial charge in [0.15, 0.2) is 5.69 Å². The van der Waals surface area contributed by atoms with Crippen LogP contribution in [-0.4, -0.2) is 33.2 Å². The minimum absolute atomic E-state index is 0.205. The minimum Gasteiger partial charge on any atom is -0.497 e. The van der Waals surface area contributed by atoms with Crippen LogP contribution < -0.4 is 4.74 Å². The highest BCUT2D eigenvalue weighted by atomic mass is 19.1. The molecule has 3 aromatic rings. The lowest BCUT2D eigenvalue weighted by molar-refractivity contribution is 0.0691. The molecule has 0 spiro atoms. The molecule has 6 nitrogen and oxygen atoms in total. The van der Waals surface area contributed by atoms with Gasteiger partial charge in [0.05, 0.1) is 12.8 Å². The predicted octanol–water partition coefficient (Wildman–Crippen LogP) is 3.09. The number of ether oxygens (including phenoxy) is 1. The van der Waals surface area contributed by atoms with Gasteiger partial charge in [-0.3, -0.25) is 0 Å². The van der Waals surface area contributed by atoms with E-state index in [2.05, 4.69) is 10.3 Å². The Bertz CT molecular complexity index is 904. The fraction of sp³-hybridized carbons (Fsp3) is 0.118. The zero-order chi connectivity index (χ0) is 17.3. The number of carbonyl (C=O) groups is 1. The maximum Gasteiger partial charge on any atom is 0.358 e. The van der Waals surface area contributed by atoms with E-state index in [-0.39, 0.29) is 11.4 Å². The molecule has 0 radical (unpaired) electrons. The number of aromatic carboxylic acids is 1. The summed E-state index contributed by atoms with van der Waals surface area (Å²) in [5.74, 6) is -1.01. The Morgan fingerprint density at radius 1 is 1.21 bits per heavy atom. The molecule has 0 aliphatic rings. The summed E-state index contributed by atoms with van der Waals surface area (Å²) < 4.78 is 20.1. The summed E-state index contributed by atoms with van der Waals surface area (Å²) in [4.78, 5) is 11.5. The smallest absolute Gasteiger partial charge is 0.358 e. The second kappa shape index (κ2) is 6.11. The molecule has 2 aromatic carbocycles. The lowest BCUT2D eigenvalue weighted by Crippen LogP contribution is -2.05. The molecule has 0 saturated heterocycles. The first kappa shape index (κ1) is 15.7. The molecule has 24 heavy (non-hydrogen) atoms. The van der Waals surface area contributed by atoms with E-state index < -0.39 is 11.8 Å². The molecule has 1 aromatic heterocycles. The Balaban J connectivity index is 2.24. The van der Waals surface area contributed by atoms with Crippen molar-refractivity contribution in [1.29, 1.82) is 0 Å². The first-order chi connectivity index (χ1) is 11.5. The summed E-state index contributed by atoms with van der Waals surface area (Å²) in [5, 5.41) is 17.1. The van der Waals surface area contributed by atoms with Crippen molar-refractivity contribution in [2.24, 2.45) is 0 Å². The summed E-state index contributed by atoms with van der Waals surface area (Å²) >= 11 is 0. The first-order valence-electron chi connectivity index (χ1n) is 7.11. The lowest BCUT2D eigenvalue weighted by Gasteiger charge is -2.10. The number of aromatic nitrogens is 3. The Kier molecular flexibility index (Phi) is 3.99. The number of benzene rings is 2. The van der Waals surface area contributed by atoms with E-state index in [9.17, 15) is 14.3 Å². The van der Waals surface area contributed by atoms with Gasteiger partial charge in [0, 0.05) is 5.56 Å². The molecule has 3 rings (SSSR count). The van der Waals surface area contributed by atoms with Crippen LogP contribution in [0.3, 0.4) is 0 Å². The van der Waals surface area contributed by atoms with E-state index in [1.54, 1.807) is 44.4 Å². The summed E-state index contributed by atoms with van der Waals surface area (Å²) in [7, 11) is 1.54. The number of carboxylic acid groups (broad SMARTS) is 1. The van der Waals surface area contributed by atoms with Gasteiger partial charge in [-0.05, 0) is 48.9 Å².